The standard InChI is InChI=1S/C37H45N6O4/c1-8-43(4)18-16-40(17-19-43)29-13-12-27(32(21-29)46-6)20-34-38-23-28-24-41(35-25(2)10-9-11-26(35)3)37(44)42(36(28)39-34)31-15-14-30(45-5)22-33(31)47-7/h9-15,21-23H,8,16-20,24H2,1-7H3/q+1. The highest BCUT2D eigenvalue weighted by molar-refractivity contribution is 6.11. The molecule has 0 atom stereocenters. The number of rotatable bonds is 9. The Morgan fingerprint density at radius 3 is 2.28 bits per heavy atom. The second-order valence-electron chi connectivity index (χ2n) is 12.7. The van der Waals surface area contributed by atoms with E-state index in [9.17, 15) is 4.79 Å². The predicted octanol–water partition coefficient (Wildman–Crippen LogP) is 6.27. The Morgan fingerprint density at radius 1 is 0.894 bits per heavy atom. The summed E-state index contributed by atoms with van der Waals surface area (Å²) in [6.07, 6.45) is 2.29. The topological polar surface area (TPSA) is 80.3 Å². The van der Waals surface area contributed by atoms with Crippen molar-refractivity contribution in [2.45, 2.75) is 33.7 Å². The number of aromatic nitrogens is 2. The van der Waals surface area contributed by atoms with E-state index in [1.807, 2.05) is 50.4 Å². The summed E-state index contributed by atoms with van der Waals surface area (Å²) in [5, 5.41) is 0. The van der Waals surface area contributed by atoms with Crippen LogP contribution >= 0.6 is 0 Å². The first-order valence-electron chi connectivity index (χ1n) is 16.2. The highest BCUT2D eigenvalue weighted by Crippen LogP contribution is 2.42. The number of amides is 2. The Balaban J connectivity index is 1.37. The highest BCUT2D eigenvalue weighted by Gasteiger charge is 2.37. The van der Waals surface area contributed by atoms with Crippen LogP contribution in [0.15, 0.2) is 60.8 Å². The molecule has 10 heteroatoms. The molecule has 0 unspecified atom stereocenters. The number of benzene rings is 3. The van der Waals surface area contributed by atoms with Crippen molar-refractivity contribution in [1.82, 2.24) is 9.97 Å². The second-order valence-corrected chi connectivity index (χ2v) is 12.7. The highest BCUT2D eigenvalue weighted by atomic mass is 16.5. The molecule has 0 radical (unpaired) electrons. The molecule has 4 aromatic rings. The molecule has 3 aromatic carbocycles. The molecule has 0 aliphatic carbocycles. The van der Waals surface area contributed by atoms with Crippen molar-refractivity contribution < 1.29 is 23.5 Å². The number of carbonyl (C=O) groups excluding carboxylic acids is 1. The summed E-state index contributed by atoms with van der Waals surface area (Å²) in [4.78, 5) is 30.2. The summed E-state index contributed by atoms with van der Waals surface area (Å²) in [7, 11) is 7.23. The molecule has 10 nitrogen and oxygen atoms in total. The van der Waals surface area contributed by atoms with Gasteiger partial charge in [0.05, 0.1) is 79.0 Å². The average molecular weight is 638 g/mol. The third-order valence-electron chi connectivity index (χ3n) is 9.76. The molecule has 2 aliphatic rings. The number of hydrogen-bond donors (Lipinski definition) is 0. The van der Waals surface area contributed by atoms with E-state index in [-0.39, 0.29) is 6.03 Å². The fourth-order valence-electron chi connectivity index (χ4n) is 6.63. The van der Waals surface area contributed by atoms with Crippen molar-refractivity contribution in [3.8, 4) is 17.2 Å². The number of aryl methyl sites for hydroxylation is 2. The summed E-state index contributed by atoms with van der Waals surface area (Å²) < 4.78 is 18.2. The minimum atomic E-state index is -0.218. The first-order chi connectivity index (χ1) is 22.7. The van der Waals surface area contributed by atoms with Gasteiger partial charge in [0.25, 0.3) is 0 Å². The minimum Gasteiger partial charge on any atom is -0.497 e. The van der Waals surface area contributed by atoms with Crippen LogP contribution in [0.5, 0.6) is 17.2 Å². The first-order valence-corrected chi connectivity index (χ1v) is 16.2. The molecule has 1 fully saturated rings. The maximum atomic E-state index is 14.5. The molecule has 0 bridgehead atoms. The van der Waals surface area contributed by atoms with E-state index in [1.165, 1.54) is 0 Å². The number of hydrogen-bond acceptors (Lipinski definition) is 7. The fourth-order valence-corrected chi connectivity index (χ4v) is 6.63. The Labute approximate surface area is 277 Å². The molecule has 0 spiro atoms. The third-order valence-corrected chi connectivity index (χ3v) is 9.76. The first kappa shape index (κ1) is 32.1. The number of anilines is 4. The molecular weight excluding hydrogens is 592 g/mol. The Bertz CT molecular complexity index is 1760. The lowest BCUT2D eigenvalue weighted by Gasteiger charge is -2.42. The van der Waals surface area contributed by atoms with Crippen molar-refractivity contribution in [2.24, 2.45) is 0 Å². The number of fused-ring (bicyclic) bond motifs is 1. The summed E-state index contributed by atoms with van der Waals surface area (Å²) in [6.45, 7) is 12.1. The zero-order chi connectivity index (χ0) is 33.3. The van der Waals surface area contributed by atoms with Gasteiger partial charge in [-0.15, -0.1) is 0 Å². The van der Waals surface area contributed by atoms with E-state index in [0.29, 0.717) is 41.8 Å². The Morgan fingerprint density at radius 2 is 1.62 bits per heavy atom. The number of urea groups is 1. The van der Waals surface area contributed by atoms with Gasteiger partial charge >= 0.3 is 6.03 Å². The number of nitrogens with zero attached hydrogens (tertiary/aromatic N) is 6. The molecule has 3 heterocycles. The summed E-state index contributed by atoms with van der Waals surface area (Å²) in [5.74, 6) is 3.05. The molecular formula is C37H45N6O4+. The van der Waals surface area contributed by atoms with Crippen LogP contribution in [0.1, 0.15) is 35.0 Å². The van der Waals surface area contributed by atoms with Crippen LogP contribution in [-0.2, 0) is 13.0 Å². The lowest BCUT2D eigenvalue weighted by Crippen LogP contribution is -2.57. The summed E-state index contributed by atoms with van der Waals surface area (Å²) in [5.41, 5.74) is 6.45. The minimum absolute atomic E-state index is 0.218. The van der Waals surface area contributed by atoms with E-state index in [0.717, 1.165) is 76.6 Å². The molecule has 6 rings (SSSR count). The van der Waals surface area contributed by atoms with Crippen LogP contribution in [0, 0.1) is 13.8 Å². The number of piperazine rings is 1. The van der Waals surface area contributed by atoms with Crippen LogP contribution in [-0.4, -0.2) is 81.6 Å². The van der Waals surface area contributed by atoms with Gasteiger partial charge in [0.2, 0.25) is 0 Å². The number of para-hydroxylation sites is 1. The van der Waals surface area contributed by atoms with Gasteiger partial charge in [0.1, 0.15) is 28.9 Å². The fraction of sp³-hybridized carbons (Fsp3) is 0.378. The number of ether oxygens (including phenoxy) is 3. The average Bonchev–Trinajstić information content (AvgIpc) is 3.09. The van der Waals surface area contributed by atoms with Crippen LogP contribution in [0.3, 0.4) is 0 Å². The van der Waals surface area contributed by atoms with Gasteiger partial charge in [0, 0.05) is 41.6 Å². The van der Waals surface area contributed by atoms with Gasteiger partial charge in [0.15, 0.2) is 0 Å². The van der Waals surface area contributed by atoms with Crippen molar-refractivity contribution >= 4 is 28.9 Å². The van der Waals surface area contributed by atoms with Gasteiger partial charge in [-0.3, -0.25) is 4.90 Å². The van der Waals surface area contributed by atoms with Crippen molar-refractivity contribution in [3.63, 3.8) is 0 Å². The van der Waals surface area contributed by atoms with E-state index in [1.54, 1.807) is 37.2 Å². The molecule has 0 saturated carbocycles. The maximum absolute atomic E-state index is 14.5. The molecule has 246 valence electrons. The molecule has 1 aromatic heterocycles. The van der Waals surface area contributed by atoms with Crippen LogP contribution in [0.4, 0.5) is 27.7 Å². The van der Waals surface area contributed by atoms with E-state index < -0.39 is 0 Å². The summed E-state index contributed by atoms with van der Waals surface area (Å²) in [6, 6.07) is 17.7. The number of methoxy groups -OCH3 is 3. The largest absolute Gasteiger partial charge is 0.497 e. The monoisotopic (exact) mass is 637 g/mol. The van der Waals surface area contributed by atoms with Gasteiger partial charge in [-0.2, -0.15) is 0 Å². The quantitative estimate of drug-likeness (QED) is 0.200. The zero-order valence-corrected chi connectivity index (χ0v) is 28.5. The van der Waals surface area contributed by atoms with Crippen molar-refractivity contribution in [1.29, 1.82) is 0 Å². The third kappa shape index (κ3) is 6.17. The maximum Gasteiger partial charge on any atom is 0.335 e. The van der Waals surface area contributed by atoms with Gasteiger partial charge in [-0.1, -0.05) is 24.3 Å². The van der Waals surface area contributed by atoms with Crippen LogP contribution in [0.25, 0.3) is 0 Å². The van der Waals surface area contributed by atoms with Crippen LogP contribution in [0.2, 0.25) is 0 Å². The Hall–Kier alpha value is -4.83. The smallest absolute Gasteiger partial charge is 0.335 e. The number of quaternary nitrogens is 1. The van der Waals surface area contributed by atoms with Gasteiger partial charge in [-0.25, -0.2) is 19.7 Å². The second kappa shape index (κ2) is 13.1. The number of likely N-dealkylation sites (N-methyl/N-ethyl adjacent to an activating group) is 1. The van der Waals surface area contributed by atoms with E-state index in [4.69, 9.17) is 24.2 Å². The van der Waals surface area contributed by atoms with Crippen molar-refractivity contribution in [2.75, 3.05) is 75.8 Å². The van der Waals surface area contributed by atoms with Crippen molar-refractivity contribution in [3.05, 3.63) is 88.9 Å². The van der Waals surface area contributed by atoms with E-state index in [2.05, 4.69) is 37.1 Å². The lowest BCUT2D eigenvalue weighted by molar-refractivity contribution is -0.908. The Kier molecular flexibility index (Phi) is 8.96. The van der Waals surface area contributed by atoms with Gasteiger partial charge < -0.3 is 23.6 Å². The predicted molar refractivity (Wildman–Crippen MR) is 186 cm³/mol. The molecule has 2 amide bonds. The normalized spacial score (nSPS) is 15.8. The molecule has 0 N–H and O–H groups in total. The molecule has 47 heavy (non-hydrogen) atoms. The van der Waals surface area contributed by atoms with Gasteiger partial charge in [-0.05, 0) is 50.1 Å². The van der Waals surface area contributed by atoms with E-state index >= 15 is 0 Å². The molecule has 1 saturated heterocycles. The zero-order valence-electron chi connectivity index (χ0n) is 28.5. The molecule has 2 aliphatic heterocycles. The summed E-state index contributed by atoms with van der Waals surface area (Å²) >= 11 is 0. The van der Waals surface area contributed by atoms with Crippen LogP contribution < -0.4 is 28.9 Å². The lowest BCUT2D eigenvalue weighted by atomic mass is 10.1. The number of carbonyl (C=O) groups is 1. The SMILES string of the molecule is CC[N+]1(C)CCN(c2ccc(Cc3ncc4c(n3)N(c3ccc(OC)cc3OC)C(=O)N(c3c(C)cccc3C)C4)c(OC)c2)CC1.